The Labute approximate surface area is 147 Å². The normalized spacial score (nSPS) is 11.4. The molecule has 0 unspecified atom stereocenters. The number of hydrogen-bond acceptors (Lipinski definition) is 1. The topological polar surface area (TPSA) is 20.3 Å². The first-order valence-corrected chi connectivity index (χ1v) is 8.62. The van der Waals surface area contributed by atoms with Crippen molar-refractivity contribution < 1.29 is 4.79 Å². The summed E-state index contributed by atoms with van der Waals surface area (Å²) in [4.78, 5) is 14.8. The molecule has 0 aliphatic carbocycles. The first-order valence-electron chi connectivity index (χ1n) is 7.83. The second-order valence-corrected chi connectivity index (χ2v) is 8.56. The summed E-state index contributed by atoms with van der Waals surface area (Å²) in [7, 11) is 0. The molecule has 2 aromatic rings. The molecule has 0 saturated heterocycles. The number of nitrogens with zero attached hydrogens (tertiary/aromatic N) is 1. The molecule has 23 heavy (non-hydrogen) atoms. The van der Waals surface area contributed by atoms with Crippen LogP contribution in [-0.2, 0) is 11.3 Å². The van der Waals surface area contributed by atoms with Crippen molar-refractivity contribution in [2.75, 3.05) is 4.90 Å². The zero-order chi connectivity index (χ0) is 17.2. The van der Waals surface area contributed by atoms with Crippen LogP contribution < -0.4 is 4.90 Å². The minimum absolute atomic E-state index is 0.0584. The van der Waals surface area contributed by atoms with E-state index in [1.807, 2.05) is 49.1 Å². The molecule has 0 N–H and O–H groups in total. The van der Waals surface area contributed by atoms with Gasteiger partial charge in [0.25, 0.3) is 0 Å². The van der Waals surface area contributed by atoms with Crippen LogP contribution in [-0.4, -0.2) is 10.2 Å². The van der Waals surface area contributed by atoms with Crippen LogP contribution in [0.5, 0.6) is 0 Å². The molecule has 0 aliphatic rings. The highest BCUT2D eigenvalue weighted by atomic mass is 79.9. The average Bonchev–Trinajstić information content (AvgIpc) is 2.46. The Hall–Kier alpha value is -1.61. The van der Waals surface area contributed by atoms with E-state index in [1.165, 1.54) is 22.3 Å². The van der Waals surface area contributed by atoms with Crippen LogP contribution in [0.4, 0.5) is 5.69 Å². The van der Waals surface area contributed by atoms with E-state index in [1.54, 1.807) is 0 Å². The maximum atomic E-state index is 12.9. The summed E-state index contributed by atoms with van der Waals surface area (Å²) in [6.45, 7) is 10.7. The van der Waals surface area contributed by atoms with Gasteiger partial charge in [0.15, 0.2) is 0 Å². The highest BCUT2D eigenvalue weighted by molar-refractivity contribution is 9.10. The highest BCUT2D eigenvalue weighted by Gasteiger charge is 2.30. The van der Waals surface area contributed by atoms with Crippen molar-refractivity contribution in [3.05, 3.63) is 64.7 Å². The van der Waals surface area contributed by atoms with Crippen molar-refractivity contribution in [3.8, 4) is 0 Å². The molecule has 1 amide bonds. The second-order valence-electron chi connectivity index (χ2n) is 6.58. The molecular formula is C20H24BrNO. The summed E-state index contributed by atoms with van der Waals surface area (Å²) in [5.74, 6) is 0.0584. The molecule has 0 radical (unpaired) electrons. The molecule has 2 rings (SSSR count). The van der Waals surface area contributed by atoms with E-state index in [-0.39, 0.29) is 5.91 Å². The molecular weight excluding hydrogens is 350 g/mol. The minimum Gasteiger partial charge on any atom is -0.307 e. The Balaban J connectivity index is 2.46. The lowest BCUT2D eigenvalue weighted by atomic mass is 9.98. The van der Waals surface area contributed by atoms with Crippen molar-refractivity contribution in [2.45, 2.75) is 45.5 Å². The van der Waals surface area contributed by atoms with Crippen molar-refractivity contribution in [1.29, 1.82) is 0 Å². The van der Waals surface area contributed by atoms with E-state index in [4.69, 9.17) is 0 Å². The van der Waals surface area contributed by atoms with Crippen LogP contribution in [0.3, 0.4) is 0 Å². The predicted molar refractivity (Wildman–Crippen MR) is 101 cm³/mol. The number of alkyl halides is 1. The molecule has 2 nitrogen and oxygen atoms in total. The van der Waals surface area contributed by atoms with Crippen LogP contribution in [0, 0.1) is 20.8 Å². The number of para-hydroxylation sites is 1. The number of halogens is 1. The standard InChI is InChI=1S/C20H24BrNO/c1-14-11-15(2)18(16(3)12-14)13-22(19(23)20(4,5)21)17-9-7-6-8-10-17/h6-12H,13H2,1-5H3. The van der Waals surface area contributed by atoms with Crippen LogP contribution in [0.2, 0.25) is 0 Å². The van der Waals surface area contributed by atoms with Crippen molar-refractivity contribution in [2.24, 2.45) is 0 Å². The molecule has 0 aromatic heterocycles. The number of rotatable bonds is 4. The fourth-order valence-corrected chi connectivity index (χ4v) is 3.04. The van der Waals surface area contributed by atoms with E-state index in [0.717, 1.165) is 5.69 Å². The lowest BCUT2D eigenvalue weighted by Crippen LogP contribution is -2.41. The third kappa shape index (κ3) is 4.23. The van der Waals surface area contributed by atoms with E-state index >= 15 is 0 Å². The van der Waals surface area contributed by atoms with Gasteiger partial charge >= 0.3 is 0 Å². The first-order chi connectivity index (χ1) is 10.7. The number of anilines is 1. The van der Waals surface area contributed by atoms with E-state index in [9.17, 15) is 4.79 Å². The lowest BCUT2D eigenvalue weighted by Gasteiger charge is -2.30. The molecule has 0 saturated carbocycles. The van der Waals surface area contributed by atoms with E-state index in [2.05, 4.69) is 48.8 Å². The number of amides is 1. The summed E-state index contributed by atoms with van der Waals surface area (Å²) < 4.78 is -0.602. The van der Waals surface area contributed by atoms with Gasteiger partial charge in [-0.25, -0.2) is 0 Å². The third-order valence-corrected chi connectivity index (χ3v) is 4.32. The van der Waals surface area contributed by atoms with E-state index < -0.39 is 4.32 Å². The van der Waals surface area contributed by atoms with Crippen LogP contribution in [0.25, 0.3) is 0 Å². The summed E-state index contributed by atoms with van der Waals surface area (Å²) in [6.07, 6.45) is 0. The molecule has 3 heteroatoms. The first kappa shape index (κ1) is 17.7. The van der Waals surface area contributed by atoms with Gasteiger partial charge in [-0.1, -0.05) is 51.8 Å². The molecule has 0 bridgehead atoms. The monoisotopic (exact) mass is 373 g/mol. The fourth-order valence-electron chi connectivity index (χ4n) is 2.83. The summed E-state index contributed by atoms with van der Waals surface area (Å²) >= 11 is 3.51. The Morgan fingerprint density at radius 1 is 1.04 bits per heavy atom. The van der Waals surface area contributed by atoms with Gasteiger partial charge in [0, 0.05) is 5.69 Å². The Morgan fingerprint density at radius 3 is 2.04 bits per heavy atom. The quantitative estimate of drug-likeness (QED) is 0.664. The largest absolute Gasteiger partial charge is 0.307 e. The number of benzene rings is 2. The van der Waals surface area contributed by atoms with Gasteiger partial charge in [-0.3, -0.25) is 4.79 Å². The number of aryl methyl sites for hydroxylation is 3. The molecule has 0 atom stereocenters. The Morgan fingerprint density at radius 2 is 1.57 bits per heavy atom. The number of carbonyl (C=O) groups excluding carboxylic acids is 1. The van der Waals surface area contributed by atoms with Crippen LogP contribution in [0.15, 0.2) is 42.5 Å². The number of hydrogen-bond donors (Lipinski definition) is 0. The molecule has 2 aromatic carbocycles. The van der Waals surface area contributed by atoms with Gasteiger partial charge < -0.3 is 4.90 Å². The summed E-state index contributed by atoms with van der Waals surface area (Å²) in [6, 6.07) is 14.2. The Kier molecular flexibility index (Phi) is 5.30. The Bertz CT molecular complexity index is 678. The second kappa shape index (κ2) is 6.88. The van der Waals surface area contributed by atoms with Crippen molar-refractivity contribution in [1.82, 2.24) is 0 Å². The smallest absolute Gasteiger partial charge is 0.243 e. The molecule has 0 fully saturated rings. The SMILES string of the molecule is Cc1cc(C)c(CN(C(=O)C(C)(C)Br)c2ccccc2)c(C)c1. The van der Waals surface area contributed by atoms with Gasteiger partial charge in [-0.05, 0) is 63.4 Å². The molecule has 0 spiro atoms. The van der Waals surface area contributed by atoms with Crippen molar-refractivity contribution >= 4 is 27.5 Å². The zero-order valence-electron chi connectivity index (χ0n) is 14.5. The van der Waals surface area contributed by atoms with E-state index in [0.29, 0.717) is 6.54 Å². The molecule has 122 valence electrons. The third-order valence-electron chi connectivity index (χ3n) is 3.98. The number of carbonyl (C=O) groups is 1. The van der Waals surface area contributed by atoms with Crippen LogP contribution in [0.1, 0.15) is 36.1 Å². The fraction of sp³-hybridized carbons (Fsp3) is 0.350. The summed E-state index contributed by atoms with van der Waals surface area (Å²) in [5.41, 5.74) is 5.84. The van der Waals surface area contributed by atoms with Gasteiger partial charge in [-0.2, -0.15) is 0 Å². The maximum Gasteiger partial charge on any atom is 0.243 e. The van der Waals surface area contributed by atoms with Crippen molar-refractivity contribution in [3.63, 3.8) is 0 Å². The maximum absolute atomic E-state index is 12.9. The minimum atomic E-state index is -0.602. The lowest BCUT2D eigenvalue weighted by molar-refractivity contribution is -0.120. The average molecular weight is 374 g/mol. The molecule has 0 heterocycles. The van der Waals surface area contributed by atoms with Gasteiger partial charge in [0.05, 0.1) is 10.9 Å². The predicted octanol–water partition coefficient (Wildman–Crippen LogP) is 5.32. The zero-order valence-corrected chi connectivity index (χ0v) is 16.1. The van der Waals surface area contributed by atoms with Gasteiger partial charge in [-0.15, -0.1) is 0 Å². The summed E-state index contributed by atoms with van der Waals surface area (Å²) in [5, 5.41) is 0. The van der Waals surface area contributed by atoms with Crippen LogP contribution >= 0.6 is 15.9 Å². The van der Waals surface area contributed by atoms with Gasteiger partial charge in [0.2, 0.25) is 5.91 Å². The molecule has 0 aliphatic heterocycles. The highest BCUT2D eigenvalue weighted by Crippen LogP contribution is 2.27. The van der Waals surface area contributed by atoms with Gasteiger partial charge in [0.1, 0.15) is 0 Å².